The fourth-order valence-electron chi connectivity index (χ4n) is 1.66. The number of carbonyl (C=O) groups excluding carboxylic acids is 1. The fourth-order valence-corrected chi connectivity index (χ4v) is 1.92. The van der Waals surface area contributed by atoms with E-state index in [1.54, 1.807) is 0 Å². The van der Waals surface area contributed by atoms with Crippen LogP contribution in [0.15, 0.2) is 28.7 Å². The van der Waals surface area contributed by atoms with Crippen LogP contribution in [-0.4, -0.2) is 30.3 Å². The highest BCUT2D eigenvalue weighted by Crippen LogP contribution is 2.13. The van der Waals surface area contributed by atoms with Crippen molar-refractivity contribution in [2.45, 2.75) is 32.7 Å². The number of likely N-dealkylation sites (N-methyl/N-ethyl adjacent to an activating group) is 1. The summed E-state index contributed by atoms with van der Waals surface area (Å²) in [5, 5.41) is 0. The van der Waals surface area contributed by atoms with Gasteiger partial charge in [-0.3, -0.25) is 9.69 Å². The van der Waals surface area contributed by atoms with E-state index in [-0.39, 0.29) is 11.8 Å². The monoisotopic (exact) mass is 297 g/mol. The van der Waals surface area contributed by atoms with Crippen molar-refractivity contribution < 1.29 is 4.79 Å². The number of unbranched alkanes of at least 4 members (excludes halogenated alkanes) is 1. The molecular formula is C14H20BrNO. The largest absolute Gasteiger partial charge is 0.297 e. The first-order valence-corrected chi connectivity index (χ1v) is 6.85. The normalized spacial score (nSPS) is 12.8. The van der Waals surface area contributed by atoms with Crippen LogP contribution in [0.25, 0.3) is 0 Å². The van der Waals surface area contributed by atoms with Gasteiger partial charge < -0.3 is 0 Å². The van der Waals surface area contributed by atoms with Crippen LogP contribution in [0, 0.1) is 0 Å². The summed E-state index contributed by atoms with van der Waals surface area (Å²) in [6.45, 7) is 5.11. The van der Waals surface area contributed by atoms with Crippen LogP contribution in [0.1, 0.15) is 37.0 Å². The molecule has 0 N–H and O–H groups in total. The maximum atomic E-state index is 12.2. The quantitative estimate of drug-likeness (QED) is 0.745. The average molecular weight is 298 g/mol. The van der Waals surface area contributed by atoms with Crippen LogP contribution in [0.3, 0.4) is 0 Å². The molecule has 0 aliphatic carbocycles. The van der Waals surface area contributed by atoms with Crippen molar-refractivity contribution in [2.24, 2.45) is 0 Å². The van der Waals surface area contributed by atoms with Crippen LogP contribution in [-0.2, 0) is 0 Å². The number of benzene rings is 1. The highest BCUT2D eigenvalue weighted by Gasteiger charge is 2.18. The standard InChI is InChI=1S/C14H20BrNO/c1-4-5-10-16(3)11(2)14(17)12-6-8-13(15)9-7-12/h6-9,11H,4-5,10H2,1-3H3. The molecule has 0 radical (unpaired) electrons. The minimum atomic E-state index is -0.0530. The lowest BCUT2D eigenvalue weighted by atomic mass is 10.0. The van der Waals surface area contributed by atoms with Gasteiger partial charge in [0.1, 0.15) is 0 Å². The molecule has 2 nitrogen and oxygen atoms in total. The van der Waals surface area contributed by atoms with Gasteiger partial charge in [-0.25, -0.2) is 0 Å². The number of nitrogens with zero attached hydrogens (tertiary/aromatic N) is 1. The summed E-state index contributed by atoms with van der Waals surface area (Å²) in [7, 11) is 2.01. The Morgan fingerprint density at radius 1 is 1.35 bits per heavy atom. The second kappa shape index (κ2) is 6.92. The molecule has 0 saturated heterocycles. The molecule has 0 heterocycles. The molecule has 1 atom stereocenters. The minimum absolute atomic E-state index is 0.0530. The molecule has 1 unspecified atom stereocenters. The van der Waals surface area contributed by atoms with Gasteiger partial charge in [-0.15, -0.1) is 0 Å². The Hall–Kier alpha value is -0.670. The SMILES string of the molecule is CCCCN(C)C(C)C(=O)c1ccc(Br)cc1. The Morgan fingerprint density at radius 3 is 2.47 bits per heavy atom. The van der Waals surface area contributed by atoms with Crippen molar-refractivity contribution in [2.75, 3.05) is 13.6 Å². The smallest absolute Gasteiger partial charge is 0.179 e. The lowest BCUT2D eigenvalue weighted by Crippen LogP contribution is -2.36. The van der Waals surface area contributed by atoms with E-state index < -0.39 is 0 Å². The van der Waals surface area contributed by atoms with E-state index in [9.17, 15) is 4.79 Å². The third kappa shape index (κ3) is 4.25. The number of rotatable bonds is 6. The number of hydrogen-bond donors (Lipinski definition) is 0. The zero-order valence-electron chi connectivity index (χ0n) is 10.7. The fraction of sp³-hybridized carbons (Fsp3) is 0.500. The van der Waals surface area contributed by atoms with Crippen molar-refractivity contribution in [1.29, 1.82) is 0 Å². The molecule has 0 aliphatic rings. The van der Waals surface area contributed by atoms with Gasteiger partial charge in [0, 0.05) is 10.0 Å². The molecule has 17 heavy (non-hydrogen) atoms. The van der Waals surface area contributed by atoms with Gasteiger partial charge in [0.25, 0.3) is 0 Å². The second-order valence-electron chi connectivity index (χ2n) is 4.38. The highest BCUT2D eigenvalue weighted by molar-refractivity contribution is 9.10. The predicted octanol–water partition coefficient (Wildman–Crippen LogP) is 3.75. The Morgan fingerprint density at radius 2 is 1.94 bits per heavy atom. The zero-order chi connectivity index (χ0) is 12.8. The van der Waals surface area contributed by atoms with Crippen molar-refractivity contribution in [1.82, 2.24) is 4.90 Å². The van der Waals surface area contributed by atoms with Gasteiger partial charge in [0.2, 0.25) is 0 Å². The van der Waals surface area contributed by atoms with Gasteiger partial charge in [0.05, 0.1) is 6.04 Å². The molecule has 0 amide bonds. The summed E-state index contributed by atoms with van der Waals surface area (Å²) in [6, 6.07) is 7.51. The number of carbonyl (C=O) groups is 1. The van der Waals surface area contributed by atoms with E-state index >= 15 is 0 Å². The van der Waals surface area contributed by atoms with Crippen LogP contribution >= 0.6 is 15.9 Å². The molecule has 0 aliphatic heterocycles. The molecule has 1 aromatic rings. The predicted molar refractivity (Wildman–Crippen MR) is 75.5 cm³/mol. The van der Waals surface area contributed by atoms with Crippen molar-refractivity contribution >= 4 is 21.7 Å². The van der Waals surface area contributed by atoms with E-state index in [2.05, 4.69) is 27.8 Å². The van der Waals surface area contributed by atoms with Crippen LogP contribution in [0.4, 0.5) is 0 Å². The maximum Gasteiger partial charge on any atom is 0.179 e. The molecule has 1 rings (SSSR count). The zero-order valence-corrected chi connectivity index (χ0v) is 12.3. The molecule has 0 spiro atoms. The number of Topliss-reactive ketones (excluding diaryl/α,β-unsaturated/α-hetero) is 1. The Kier molecular flexibility index (Phi) is 5.86. The van der Waals surface area contributed by atoms with Gasteiger partial charge >= 0.3 is 0 Å². The van der Waals surface area contributed by atoms with Gasteiger partial charge in [0.15, 0.2) is 5.78 Å². The van der Waals surface area contributed by atoms with Crippen LogP contribution in [0.5, 0.6) is 0 Å². The van der Waals surface area contributed by atoms with Crippen molar-refractivity contribution in [3.63, 3.8) is 0 Å². The van der Waals surface area contributed by atoms with Gasteiger partial charge in [-0.2, -0.15) is 0 Å². The molecular weight excluding hydrogens is 278 g/mol. The Labute approximate surface area is 112 Å². The van der Waals surface area contributed by atoms with E-state index in [1.165, 1.54) is 0 Å². The van der Waals surface area contributed by atoms with E-state index in [4.69, 9.17) is 0 Å². The summed E-state index contributed by atoms with van der Waals surface area (Å²) in [6.07, 6.45) is 2.29. The highest BCUT2D eigenvalue weighted by atomic mass is 79.9. The van der Waals surface area contributed by atoms with E-state index in [0.717, 1.165) is 29.4 Å². The van der Waals surface area contributed by atoms with Crippen molar-refractivity contribution in [3.05, 3.63) is 34.3 Å². The summed E-state index contributed by atoms with van der Waals surface area (Å²) in [5.74, 6) is 0.191. The summed E-state index contributed by atoms with van der Waals surface area (Å²) in [4.78, 5) is 14.3. The molecule has 3 heteroatoms. The third-order valence-corrected chi connectivity index (χ3v) is 3.56. The van der Waals surface area contributed by atoms with Gasteiger partial charge in [-0.1, -0.05) is 41.4 Å². The number of ketones is 1. The van der Waals surface area contributed by atoms with Crippen LogP contribution in [0.2, 0.25) is 0 Å². The van der Waals surface area contributed by atoms with E-state index in [1.807, 2.05) is 38.2 Å². The lowest BCUT2D eigenvalue weighted by Gasteiger charge is -2.23. The van der Waals surface area contributed by atoms with Crippen LogP contribution < -0.4 is 0 Å². The molecule has 0 aromatic heterocycles. The average Bonchev–Trinajstić information content (AvgIpc) is 2.35. The first-order valence-electron chi connectivity index (χ1n) is 6.06. The minimum Gasteiger partial charge on any atom is -0.297 e. The maximum absolute atomic E-state index is 12.2. The van der Waals surface area contributed by atoms with Crippen molar-refractivity contribution in [3.8, 4) is 0 Å². The molecule has 94 valence electrons. The molecule has 0 bridgehead atoms. The Bertz CT molecular complexity index is 361. The third-order valence-electron chi connectivity index (χ3n) is 3.03. The first kappa shape index (κ1) is 14.4. The molecule has 0 saturated carbocycles. The van der Waals surface area contributed by atoms with E-state index in [0.29, 0.717) is 0 Å². The summed E-state index contributed by atoms with van der Waals surface area (Å²) < 4.78 is 1.00. The lowest BCUT2D eigenvalue weighted by molar-refractivity contribution is 0.0867. The molecule has 0 fully saturated rings. The Balaban J connectivity index is 2.65. The molecule has 1 aromatic carbocycles. The number of halogens is 1. The number of hydrogen-bond acceptors (Lipinski definition) is 2. The summed E-state index contributed by atoms with van der Waals surface area (Å²) in [5.41, 5.74) is 0.782. The second-order valence-corrected chi connectivity index (χ2v) is 5.30. The topological polar surface area (TPSA) is 20.3 Å². The van der Waals surface area contributed by atoms with Gasteiger partial charge in [-0.05, 0) is 39.1 Å². The first-order chi connectivity index (χ1) is 8.06. The summed E-state index contributed by atoms with van der Waals surface area (Å²) >= 11 is 3.37.